The van der Waals surface area contributed by atoms with Gasteiger partial charge in [-0.2, -0.15) is 0 Å². The predicted molar refractivity (Wildman–Crippen MR) is 77.9 cm³/mol. The van der Waals surface area contributed by atoms with Crippen molar-refractivity contribution in [1.29, 1.82) is 0 Å². The first-order valence-corrected chi connectivity index (χ1v) is 6.74. The second kappa shape index (κ2) is 5.91. The van der Waals surface area contributed by atoms with Crippen LogP contribution >= 0.6 is 39.1 Å². The van der Waals surface area contributed by atoms with Crippen molar-refractivity contribution in [2.75, 3.05) is 5.32 Å². The fourth-order valence-corrected chi connectivity index (χ4v) is 2.43. The lowest BCUT2D eigenvalue weighted by Gasteiger charge is -2.09. The van der Waals surface area contributed by atoms with Gasteiger partial charge in [0.15, 0.2) is 0 Å². The standard InChI is InChI=1S/C13H9BrCl2FN/c14-9-4-8(5-10(17)6-9)7-18-12-3-1-2-11(15)13(12)16/h1-6,18H,7H2. The fourth-order valence-electron chi connectivity index (χ4n) is 1.55. The van der Waals surface area contributed by atoms with E-state index >= 15 is 0 Å². The van der Waals surface area contributed by atoms with Crippen LogP contribution in [0.25, 0.3) is 0 Å². The summed E-state index contributed by atoms with van der Waals surface area (Å²) < 4.78 is 13.9. The van der Waals surface area contributed by atoms with E-state index in [4.69, 9.17) is 23.2 Å². The Balaban J connectivity index is 2.14. The van der Waals surface area contributed by atoms with Crippen LogP contribution in [0.15, 0.2) is 40.9 Å². The molecule has 0 aliphatic carbocycles. The van der Waals surface area contributed by atoms with Crippen LogP contribution in [0.2, 0.25) is 10.0 Å². The summed E-state index contributed by atoms with van der Waals surface area (Å²) in [5.74, 6) is -0.279. The minimum absolute atomic E-state index is 0.279. The predicted octanol–water partition coefficient (Wildman–Crippen LogP) is 5.51. The number of rotatable bonds is 3. The Morgan fingerprint density at radius 2 is 1.94 bits per heavy atom. The number of anilines is 1. The normalized spacial score (nSPS) is 10.4. The van der Waals surface area contributed by atoms with Crippen LogP contribution < -0.4 is 5.32 Å². The summed E-state index contributed by atoms with van der Waals surface area (Å²) in [6, 6.07) is 10.1. The molecule has 94 valence electrons. The first-order valence-electron chi connectivity index (χ1n) is 5.19. The molecule has 0 bridgehead atoms. The van der Waals surface area contributed by atoms with Gasteiger partial charge in [0.25, 0.3) is 0 Å². The molecule has 0 aromatic heterocycles. The highest BCUT2D eigenvalue weighted by atomic mass is 79.9. The van der Waals surface area contributed by atoms with Crippen LogP contribution in [0, 0.1) is 5.82 Å². The zero-order chi connectivity index (χ0) is 13.1. The molecule has 0 fully saturated rings. The average Bonchev–Trinajstić information content (AvgIpc) is 2.30. The van der Waals surface area contributed by atoms with Crippen LogP contribution in [0.3, 0.4) is 0 Å². The number of nitrogens with one attached hydrogen (secondary N) is 1. The monoisotopic (exact) mass is 347 g/mol. The van der Waals surface area contributed by atoms with Gasteiger partial charge in [0, 0.05) is 11.0 Å². The number of benzene rings is 2. The molecule has 0 saturated carbocycles. The van der Waals surface area contributed by atoms with Crippen LogP contribution in [0.1, 0.15) is 5.56 Å². The van der Waals surface area contributed by atoms with Gasteiger partial charge in [-0.05, 0) is 35.9 Å². The summed E-state index contributed by atoms with van der Waals surface area (Å²) in [5.41, 5.74) is 1.54. The highest BCUT2D eigenvalue weighted by Gasteiger charge is 2.04. The van der Waals surface area contributed by atoms with Gasteiger partial charge < -0.3 is 5.32 Å². The maximum absolute atomic E-state index is 13.2. The molecule has 0 saturated heterocycles. The van der Waals surface area contributed by atoms with Crippen molar-refractivity contribution in [1.82, 2.24) is 0 Å². The molecule has 0 aliphatic heterocycles. The quantitative estimate of drug-likeness (QED) is 0.771. The molecule has 2 rings (SSSR count). The Labute approximate surface area is 123 Å². The maximum atomic E-state index is 13.2. The van der Waals surface area contributed by atoms with Crippen molar-refractivity contribution in [2.24, 2.45) is 0 Å². The van der Waals surface area contributed by atoms with Crippen molar-refractivity contribution in [3.05, 3.63) is 62.3 Å². The van der Waals surface area contributed by atoms with Gasteiger partial charge in [0.1, 0.15) is 5.82 Å². The van der Waals surface area contributed by atoms with Gasteiger partial charge in [0.2, 0.25) is 0 Å². The van der Waals surface area contributed by atoms with Crippen molar-refractivity contribution in [3.8, 4) is 0 Å². The molecule has 1 N–H and O–H groups in total. The lowest BCUT2D eigenvalue weighted by molar-refractivity contribution is 0.625. The average molecular weight is 349 g/mol. The molecule has 18 heavy (non-hydrogen) atoms. The second-order valence-electron chi connectivity index (χ2n) is 3.73. The summed E-state index contributed by atoms with van der Waals surface area (Å²) in [6.07, 6.45) is 0. The summed E-state index contributed by atoms with van der Waals surface area (Å²) >= 11 is 15.2. The lowest BCUT2D eigenvalue weighted by atomic mass is 10.2. The zero-order valence-corrected chi connectivity index (χ0v) is 12.3. The third-order valence-electron chi connectivity index (χ3n) is 2.36. The van der Waals surface area contributed by atoms with Crippen molar-refractivity contribution in [3.63, 3.8) is 0 Å². The Morgan fingerprint density at radius 1 is 1.17 bits per heavy atom. The zero-order valence-electron chi connectivity index (χ0n) is 9.18. The van der Waals surface area contributed by atoms with Crippen molar-refractivity contribution < 1.29 is 4.39 Å². The molecule has 0 heterocycles. The maximum Gasteiger partial charge on any atom is 0.124 e. The first-order chi connectivity index (χ1) is 8.56. The molecule has 0 spiro atoms. The molecular weight excluding hydrogens is 340 g/mol. The topological polar surface area (TPSA) is 12.0 Å². The molecule has 0 aliphatic rings. The summed E-state index contributed by atoms with van der Waals surface area (Å²) in [4.78, 5) is 0. The smallest absolute Gasteiger partial charge is 0.124 e. The van der Waals surface area contributed by atoms with Gasteiger partial charge in [-0.15, -0.1) is 0 Å². The third-order valence-corrected chi connectivity index (χ3v) is 3.63. The molecular formula is C13H9BrCl2FN. The van der Waals surface area contributed by atoms with Gasteiger partial charge in [0.05, 0.1) is 15.7 Å². The molecule has 2 aromatic rings. The van der Waals surface area contributed by atoms with Gasteiger partial charge >= 0.3 is 0 Å². The SMILES string of the molecule is Fc1cc(Br)cc(CNc2cccc(Cl)c2Cl)c1. The minimum Gasteiger partial charge on any atom is -0.380 e. The van der Waals surface area contributed by atoms with E-state index in [0.717, 1.165) is 11.3 Å². The summed E-state index contributed by atoms with van der Waals surface area (Å²) in [6.45, 7) is 0.469. The lowest BCUT2D eigenvalue weighted by Crippen LogP contribution is -2.00. The highest BCUT2D eigenvalue weighted by molar-refractivity contribution is 9.10. The highest BCUT2D eigenvalue weighted by Crippen LogP contribution is 2.30. The van der Waals surface area contributed by atoms with E-state index in [2.05, 4.69) is 21.2 Å². The van der Waals surface area contributed by atoms with Gasteiger partial charge in [-0.1, -0.05) is 45.2 Å². The van der Waals surface area contributed by atoms with Crippen LogP contribution in [0.4, 0.5) is 10.1 Å². The van der Waals surface area contributed by atoms with E-state index in [9.17, 15) is 4.39 Å². The second-order valence-corrected chi connectivity index (χ2v) is 5.43. The number of halogens is 4. The van der Waals surface area contributed by atoms with E-state index < -0.39 is 0 Å². The van der Waals surface area contributed by atoms with Crippen molar-refractivity contribution >= 4 is 44.8 Å². The minimum atomic E-state index is -0.279. The third kappa shape index (κ3) is 3.37. The van der Waals surface area contributed by atoms with Crippen LogP contribution in [-0.4, -0.2) is 0 Å². The van der Waals surface area contributed by atoms with Gasteiger partial charge in [-0.3, -0.25) is 0 Å². The molecule has 2 aromatic carbocycles. The Kier molecular flexibility index (Phi) is 4.49. The van der Waals surface area contributed by atoms with E-state index in [1.54, 1.807) is 12.1 Å². The summed E-state index contributed by atoms with van der Waals surface area (Å²) in [5, 5.41) is 4.08. The fraction of sp³-hybridized carbons (Fsp3) is 0.0769. The number of hydrogen-bond acceptors (Lipinski definition) is 1. The van der Waals surface area contributed by atoms with E-state index in [-0.39, 0.29) is 5.82 Å². The molecule has 0 atom stereocenters. The van der Waals surface area contributed by atoms with E-state index in [1.807, 2.05) is 12.1 Å². The van der Waals surface area contributed by atoms with Crippen LogP contribution in [-0.2, 0) is 6.54 Å². The van der Waals surface area contributed by atoms with Gasteiger partial charge in [-0.25, -0.2) is 4.39 Å². The molecule has 1 nitrogen and oxygen atoms in total. The first kappa shape index (κ1) is 13.7. The van der Waals surface area contributed by atoms with Crippen molar-refractivity contribution in [2.45, 2.75) is 6.54 Å². The molecule has 0 amide bonds. The Hall–Kier alpha value is -0.770. The van der Waals surface area contributed by atoms with Crippen LogP contribution in [0.5, 0.6) is 0 Å². The Morgan fingerprint density at radius 3 is 2.67 bits per heavy atom. The van der Waals surface area contributed by atoms with E-state index in [1.165, 1.54) is 12.1 Å². The molecule has 5 heteroatoms. The van der Waals surface area contributed by atoms with E-state index in [0.29, 0.717) is 21.1 Å². The Bertz CT molecular complexity index is 555. The number of hydrogen-bond donors (Lipinski definition) is 1. The molecule has 0 unspecified atom stereocenters. The summed E-state index contributed by atoms with van der Waals surface area (Å²) in [7, 11) is 0. The largest absolute Gasteiger partial charge is 0.380 e. The molecule has 0 radical (unpaired) electrons.